The number of piperidine rings is 1. The second-order valence-electron chi connectivity index (χ2n) is 7.28. The molecule has 0 spiro atoms. The highest BCUT2D eigenvalue weighted by Crippen LogP contribution is 2.24. The number of benzene rings is 1. The summed E-state index contributed by atoms with van der Waals surface area (Å²) in [7, 11) is 0. The third kappa shape index (κ3) is 4.70. The van der Waals surface area contributed by atoms with Crippen LogP contribution in [-0.4, -0.2) is 35.5 Å². The minimum atomic E-state index is -0.0562. The molecule has 1 fully saturated rings. The van der Waals surface area contributed by atoms with Crippen LogP contribution in [0.3, 0.4) is 0 Å². The highest BCUT2D eigenvalue weighted by molar-refractivity contribution is 5.72. The summed E-state index contributed by atoms with van der Waals surface area (Å²) in [4.78, 5) is 18.8. The molecule has 2 heterocycles. The average Bonchev–Trinajstić information content (AvgIpc) is 2.61. The molecule has 0 radical (unpaired) electrons. The fraction of sp³-hybridized carbons (Fsp3) is 0.455. The van der Waals surface area contributed by atoms with E-state index in [1.165, 1.54) is 22.3 Å². The molecule has 138 valence electrons. The van der Waals surface area contributed by atoms with Gasteiger partial charge in [-0.1, -0.05) is 29.3 Å². The highest BCUT2D eigenvalue weighted by Gasteiger charge is 2.26. The Morgan fingerprint density at radius 1 is 1.15 bits per heavy atom. The van der Waals surface area contributed by atoms with E-state index in [0.29, 0.717) is 6.61 Å². The van der Waals surface area contributed by atoms with Crippen LogP contribution in [0, 0.1) is 19.8 Å². The van der Waals surface area contributed by atoms with Crippen molar-refractivity contribution in [3.8, 4) is 11.1 Å². The van der Waals surface area contributed by atoms with Crippen molar-refractivity contribution < 1.29 is 9.53 Å². The summed E-state index contributed by atoms with van der Waals surface area (Å²) in [6, 6.07) is 8.80. The summed E-state index contributed by atoms with van der Waals surface area (Å²) < 4.78 is 5.20. The number of pyridine rings is 1. The topological polar surface area (TPSA) is 42.4 Å². The molecular weight excluding hydrogens is 324 g/mol. The smallest absolute Gasteiger partial charge is 0.310 e. The molecule has 4 heteroatoms. The zero-order valence-corrected chi connectivity index (χ0v) is 16.0. The Morgan fingerprint density at radius 2 is 1.92 bits per heavy atom. The molecule has 0 amide bonds. The van der Waals surface area contributed by atoms with Gasteiger partial charge in [0.25, 0.3) is 0 Å². The van der Waals surface area contributed by atoms with Crippen LogP contribution in [0.25, 0.3) is 11.1 Å². The lowest BCUT2D eigenvalue weighted by Crippen LogP contribution is -2.38. The first-order chi connectivity index (χ1) is 12.5. The van der Waals surface area contributed by atoms with Gasteiger partial charge in [-0.3, -0.25) is 14.7 Å². The van der Waals surface area contributed by atoms with Gasteiger partial charge in [-0.2, -0.15) is 0 Å². The Kier molecular flexibility index (Phi) is 6.04. The van der Waals surface area contributed by atoms with Crippen molar-refractivity contribution in [2.24, 2.45) is 5.92 Å². The van der Waals surface area contributed by atoms with Crippen LogP contribution in [-0.2, 0) is 16.1 Å². The molecule has 1 aromatic carbocycles. The van der Waals surface area contributed by atoms with Crippen LogP contribution >= 0.6 is 0 Å². The van der Waals surface area contributed by atoms with Gasteiger partial charge in [0.05, 0.1) is 12.5 Å². The van der Waals surface area contributed by atoms with E-state index in [9.17, 15) is 4.79 Å². The highest BCUT2D eigenvalue weighted by atomic mass is 16.5. The molecule has 0 N–H and O–H groups in total. The van der Waals surface area contributed by atoms with E-state index < -0.39 is 0 Å². The molecule has 1 saturated heterocycles. The SMILES string of the molecule is CCOC(=O)C1CCCN(Cc2cncc(-c3cc(C)cc(C)c3)c2)C1. The van der Waals surface area contributed by atoms with E-state index in [2.05, 4.69) is 48.0 Å². The molecule has 2 aromatic rings. The van der Waals surface area contributed by atoms with Crippen molar-refractivity contribution in [2.75, 3.05) is 19.7 Å². The van der Waals surface area contributed by atoms with Gasteiger partial charge in [0, 0.05) is 31.0 Å². The number of ether oxygens (including phenoxy) is 1. The van der Waals surface area contributed by atoms with Crippen LogP contribution in [0.1, 0.15) is 36.5 Å². The summed E-state index contributed by atoms with van der Waals surface area (Å²) in [5, 5.41) is 0. The van der Waals surface area contributed by atoms with Crippen LogP contribution in [0.5, 0.6) is 0 Å². The molecule has 26 heavy (non-hydrogen) atoms. The van der Waals surface area contributed by atoms with Gasteiger partial charge in [0.2, 0.25) is 0 Å². The first-order valence-corrected chi connectivity index (χ1v) is 9.46. The number of aryl methyl sites for hydroxylation is 2. The Bertz CT molecular complexity index is 752. The van der Waals surface area contributed by atoms with Gasteiger partial charge in [0.1, 0.15) is 0 Å². The summed E-state index contributed by atoms with van der Waals surface area (Å²) in [6.07, 6.45) is 5.82. The van der Waals surface area contributed by atoms with E-state index >= 15 is 0 Å². The fourth-order valence-electron chi connectivity index (χ4n) is 3.78. The van der Waals surface area contributed by atoms with Crippen LogP contribution in [0.15, 0.2) is 36.7 Å². The quantitative estimate of drug-likeness (QED) is 0.759. The van der Waals surface area contributed by atoms with Crippen LogP contribution in [0.2, 0.25) is 0 Å². The molecular formula is C22H28N2O2. The lowest BCUT2D eigenvalue weighted by molar-refractivity contribution is -0.150. The van der Waals surface area contributed by atoms with Crippen LogP contribution in [0.4, 0.5) is 0 Å². The van der Waals surface area contributed by atoms with Gasteiger partial charge in [0.15, 0.2) is 0 Å². The summed E-state index contributed by atoms with van der Waals surface area (Å²) in [5.74, 6) is -0.0569. The summed E-state index contributed by atoms with van der Waals surface area (Å²) >= 11 is 0. The van der Waals surface area contributed by atoms with E-state index in [0.717, 1.165) is 38.0 Å². The third-order valence-electron chi connectivity index (χ3n) is 4.88. The minimum absolute atomic E-state index is 0.000681. The Balaban J connectivity index is 1.71. The lowest BCUT2D eigenvalue weighted by atomic mass is 9.97. The van der Waals surface area contributed by atoms with Crippen molar-refractivity contribution in [3.63, 3.8) is 0 Å². The Labute approximate surface area is 156 Å². The van der Waals surface area contributed by atoms with E-state index in [4.69, 9.17) is 4.74 Å². The number of carbonyl (C=O) groups excluding carboxylic acids is 1. The summed E-state index contributed by atoms with van der Waals surface area (Å²) in [5.41, 5.74) is 6.07. The predicted molar refractivity (Wildman–Crippen MR) is 104 cm³/mol. The number of likely N-dealkylation sites (tertiary alicyclic amines) is 1. The van der Waals surface area contributed by atoms with Gasteiger partial charge >= 0.3 is 5.97 Å². The average molecular weight is 352 g/mol. The van der Waals surface area contributed by atoms with E-state index in [1.54, 1.807) is 0 Å². The number of nitrogens with zero attached hydrogens (tertiary/aromatic N) is 2. The molecule has 0 saturated carbocycles. The van der Waals surface area contributed by atoms with Crippen LogP contribution < -0.4 is 0 Å². The van der Waals surface area contributed by atoms with Crippen molar-refractivity contribution in [1.82, 2.24) is 9.88 Å². The number of hydrogen-bond acceptors (Lipinski definition) is 4. The molecule has 0 bridgehead atoms. The molecule has 1 atom stereocenters. The molecule has 1 aromatic heterocycles. The van der Waals surface area contributed by atoms with Gasteiger partial charge in [-0.05, 0) is 57.4 Å². The predicted octanol–water partition coefficient (Wildman–Crippen LogP) is 4.14. The number of aromatic nitrogens is 1. The van der Waals surface area contributed by atoms with Crippen molar-refractivity contribution in [3.05, 3.63) is 53.3 Å². The summed E-state index contributed by atoms with van der Waals surface area (Å²) in [6.45, 7) is 9.17. The third-order valence-corrected chi connectivity index (χ3v) is 4.88. The first kappa shape index (κ1) is 18.6. The Hall–Kier alpha value is -2.20. The fourth-order valence-corrected chi connectivity index (χ4v) is 3.78. The number of rotatable bonds is 5. The lowest BCUT2D eigenvalue weighted by Gasteiger charge is -2.31. The molecule has 1 unspecified atom stereocenters. The zero-order valence-electron chi connectivity index (χ0n) is 16.0. The molecule has 3 rings (SSSR count). The first-order valence-electron chi connectivity index (χ1n) is 9.46. The van der Waals surface area contributed by atoms with Crippen molar-refractivity contribution >= 4 is 5.97 Å². The monoisotopic (exact) mass is 352 g/mol. The molecule has 1 aliphatic rings. The molecule has 4 nitrogen and oxygen atoms in total. The van der Waals surface area contributed by atoms with Crippen molar-refractivity contribution in [1.29, 1.82) is 0 Å². The van der Waals surface area contributed by atoms with Gasteiger partial charge in [-0.25, -0.2) is 0 Å². The second kappa shape index (κ2) is 8.45. The standard InChI is InChI=1S/C22H28N2O2/c1-4-26-22(25)19-6-5-7-24(15-19)14-18-11-21(13-23-12-18)20-9-16(2)8-17(3)10-20/h8-13,19H,4-7,14-15H2,1-3H3. The van der Waals surface area contributed by atoms with Gasteiger partial charge in [-0.15, -0.1) is 0 Å². The maximum atomic E-state index is 12.0. The van der Waals surface area contributed by atoms with Gasteiger partial charge < -0.3 is 4.74 Å². The number of carbonyl (C=O) groups is 1. The number of hydrogen-bond donors (Lipinski definition) is 0. The number of esters is 1. The minimum Gasteiger partial charge on any atom is -0.466 e. The Morgan fingerprint density at radius 3 is 2.65 bits per heavy atom. The largest absolute Gasteiger partial charge is 0.466 e. The zero-order chi connectivity index (χ0) is 18.5. The maximum absolute atomic E-state index is 12.0. The van der Waals surface area contributed by atoms with E-state index in [-0.39, 0.29) is 11.9 Å². The normalized spacial score (nSPS) is 17.9. The maximum Gasteiger partial charge on any atom is 0.310 e. The molecule has 0 aliphatic carbocycles. The van der Waals surface area contributed by atoms with E-state index in [1.807, 2.05) is 19.3 Å². The second-order valence-corrected chi connectivity index (χ2v) is 7.28. The molecule has 1 aliphatic heterocycles. The van der Waals surface area contributed by atoms with Crippen molar-refractivity contribution in [2.45, 2.75) is 40.2 Å².